The van der Waals surface area contributed by atoms with Gasteiger partial charge in [0.05, 0.1) is 22.9 Å². The first-order valence-corrected chi connectivity index (χ1v) is 11.3. The third-order valence-corrected chi connectivity index (χ3v) is 6.02. The molecule has 0 aliphatic carbocycles. The van der Waals surface area contributed by atoms with Crippen molar-refractivity contribution < 1.29 is 18.0 Å². The normalized spacial score (nSPS) is 15.6. The number of imidazole rings is 1. The summed E-state index contributed by atoms with van der Waals surface area (Å²) < 4.78 is 38.7. The fourth-order valence-electron chi connectivity index (χ4n) is 4.16. The number of piperidine rings is 1. The van der Waals surface area contributed by atoms with Crippen LogP contribution in [0.4, 0.5) is 18.9 Å². The van der Waals surface area contributed by atoms with Crippen molar-refractivity contribution in [3.63, 3.8) is 0 Å². The smallest absolute Gasteiger partial charge is 0.382 e. The van der Waals surface area contributed by atoms with E-state index in [0.29, 0.717) is 17.8 Å². The van der Waals surface area contributed by atoms with Gasteiger partial charge < -0.3 is 20.5 Å². The van der Waals surface area contributed by atoms with E-state index in [2.05, 4.69) is 25.5 Å². The van der Waals surface area contributed by atoms with Crippen molar-refractivity contribution >= 4 is 22.6 Å². The van der Waals surface area contributed by atoms with Crippen LogP contribution in [0, 0.1) is 0 Å². The molecule has 0 unspecified atom stereocenters. The van der Waals surface area contributed by atoms with Crippen LogP contribution in [0.3, 0.4) is 0 Å². The predicted octanol–water partition coefficient (Wildman–Crippen LogP) is 4.67. The molecule has 1 aliphatic heterocycles. The number of aromatic nitrogens is 2. The molecule has 6 nitrogen and oxygen atoms in total. The van der Waals surface area contributed by atoms with Gasteiger partial charge in [0.15, 0.2) is 0 Å². The lowest BCUT2D eigenvalue weighted by Gasteiger charge is -2.33. The number of hydrogen-bond acceptors (Lipinski definition) is 4. The largest absolute Gasteiger partial charge is 0.416 e. The summed E-state index contributed by atoms with van der Waals surface area (Å²) in [6.07, 6.45) is 0.929. The molecule has 3 aromatic rings. The monoisotopic (exact) mass is 459 g/mol. The summed E-state index contributed by atoms with van der Waals surface area (Å²) in [5.74, 6) is -0.0959. The second-order valence-corrected chi connectivity index (χ2v) is 8.44. The van der Waals surface area contributed by atoms with Crippen LogP contribution in [0.2, 0.25) is 0 Å². The number of fused-ring (bicyclic) bond motifs is 1. The van der Waals surface area contributed by atoms with Gasteiger partial charge in [-0.15, -0.1) is 0 Å². The van der Waals surface area contributed by atoms with Crippen LogP contribution in [-0.4, -0.2) is 53.0 Å². The molecule has 2 heterocycles. The van der Waals surface area contributed by atoms with Gasteiger partial charge >= 0.3 is 6.18 Å². The average Bonchev–Trinajstić information content (AvgIpc) is 3.27. The molecule has 1 aliphatic rings. The first-order chi connectivity index (χ1) is 15.9. The molecule has 0 spiro atoms. The van der Waals surface area contributed by atoms with E-state index in [4.69, 9.17) is 0 Å². The van der Waals surface area contributed by atoms with Gasteiger partial charge in [-0.2, -0.15) is 13.2 Å². The van der Waals surface area contributed by atoms with Crippen molar-refractivity contribution in [1.82, 2.24) is 20.2 Å². The Bertz CT molecular complexity index is 1070. The van der Waals surface area contributed by atoms with Gasteiger partial charge in [-0.05, 0) is 68.6 Å². The third-order valence-electron chi connectivity index (χ3n) is 6.02. The number of rotatable bonds is 8. The van der Waals surface area contributed by atoms with E-state index in [1.165, 1.54) is 12.1 Å². The maximum Gasteiger partial charge on any atom is 0.416 e. The lowest BCUT2D eigenvalue weighted by atomic mass is 10.0. The Morgan fingerprint density at radius 2 is 1.94 bits per heavy atom. The second-order valence-electron chi connectivity index (χ2n) is 8.44. The number of carbonyl (C=O) groups excluding carboxylic acids is 1. The number of likely N-dealkylation sites (tertiary alicyclic amines) is 1. The summed E-state index contributed by atoms with van der Waals surface area (Å²) in [6, 6.07) is 11.0. The highest BCUT2D eigenvalue weighted by Gasteiger charge is 2.30. The summed E-state index contributed by atoms with van der Waals surface area (Å²) in [7, 11) is 0. The van der Waals surface area contributed by atoms with Crippen molar-refractivity contribution in [2.24, 2.45) is 0 Å². The number of H-pyrrole nitrogens is 1. The first kappa shape index (κ1) is 23.1. The Balaban J connectivity index is 1.12. The van der Waals surface area contributed by atoms with Crippen molar-refractivity contribution in [3.8, 4) is 0 Å². The topological polar surface area (TPSA) is 73.1 Å². The zero-order valence-electron chi connectivity index (χ0n) is 18.3. The maximum atomic E-state index is 12.9. The number of carbonyl (C=O) groups is 1. The number of halogens is 3. The number of amides is 1. The van der Waals surface area contributed by atoms with E-state index in [0.717, 1.165) is 62.4 Å². The van der Waals surface area contributed by atoms with Crippen LogP contribution in [0.15, 0.2) is 48.8 Å². The standard InChI is InChI=1S/C24H28F3N5O/c25-24(26,27)18-4-3-5-20(15-18)31-19-8-12-32(13-9-19)11-2-1-10-28-23(33)17-6-7-21-22(14-17)30-16-29-21/h3-7,14-16,19,31H,1-2,8-13H2,(H,28,33)(H,29,30). The molecule has 9 heteroatoms. The Hall–Kier alpha value is -3.07. The van der Waals surface area contributed by atoms with E-state index in [1.807, 2.05) is 6.07 Å². The highest BCUT2D eigenvalue weighted by molar-refractivity contribution is 5.97. The Morgan fingerprint density at radius 1 is 1.12 bits per heavy atom. The number of anilines is 1. The van der Waals surface area contributed by atoms with Crippen molar-refractivity contribution in [2.45, 2.75) is 37.9 Å². The van der Waals surface area contributed by atoms with Crippen molar-refractivity contribution in [2.75, 3.05) is 31.5 Å². The van der Waals surface area contributed by atoms with Gasteiger partial charge in [-0.1, -0.05) is 6.07 Å². The molecule has 2 aromatic carbocycles. The SMILES string of the molecule is O=C(NCCCCN1CCC(Nc2cccc(C(F)(F)F)c2)CC1)c1ccc2[nH]cnc2c1. The summed E-state index contributed by atoms with van der Waals surface area (Å²) in [5, 5.41) is 6.20. The molecule has 1 aromatic heterocycles. The third kappa shape index (κ3) is 6.25. The Kier molecular flexibility index (Phi) is 7.17. The quantitative estimate of drug-likeness (QED) is 0.428. The van der Waals surface area contributed by atoms with Gasteiger partial charge in [-0.3, -0.25) is 4.79 Å². The average molecular weight is 460 g/mol. The minimum atomic E-state index is -4.33. The number of nitrogens with one attached hydrogen (secondary N) is 3. The number of benzene rings is 2. The molecule has 1 amide bonds. The molecule has 176 valence electrons. The van der Waals surface area contributed by atoms with E-state index in [9.17, 15) is 18.0 Å². The van der Waals surface area contributed by atoms with Gasteiger partial charge in [0.1, 0.15) is 0 Å². The zero-order chi connectivity index (χ0) is 23.3. The summed E-state index contributed by atoms with van der Waals surface area (Å²) in [5.41, 5.74) is 2.17. The Labute approximate surface area is 190 Å². The van der Waals surface area contributed by atoms with Crippen molar-refractivity contribution in [3.05, 3.63) is 59.9 Å². The van der Waals surface area contributed by atoms with Gasteiger partial charge in [0.2, 0.25) is 0 Å². The number of aromatic amines is 1. The molecule has 0 atom stereocenters. The lowest BCUT2D eigenvalue weighted by Crippen LogP contribution is -2.39. The van der Waals surface area contributed by atoms with E-state index in [1.54, 1.807) is 24.5 Å². The molecule has 1 fully saturated rings. The highest BCUT2D eigenvalue weighted by atomic mass is 19.4. The van der Waals surface area contributed by atoms with E-state index in [-0.39, 0.29) is 11.9 Å². The molecule has 4 rings (SSSR count). The lowest BCUT2D eigenvalue weighted by molar-refractivity contribution is -0.137. The van der Waals surface area contributed by atoms with Crippen LogP contribution in [0.5, 0.6) is 0 Å². The van der Waals surface area contributed by atoms with Crippen LogP contribution >= 0.6 is 0 Å². The summed E-state index contributed by atoms with van der Waals surface area (Å²) in [6.45, 7) is 3.38. The molecule has 0 radical (unpaired) electrons. The molecule has 1 saturated heterocycles. The maximum absolute atomic E-state index is 12.9. The van der Waals surface area contributed by atoms with Crippen LogP contribution in [0.1, 0.15) is 41.6 Å². The van der Waals surface area contributed by atoms with Crippen LogP contribution in [-0.2, 0) is 6.18 Å². The fraction of sp³-hybridized carbons (Fsp3) is 0.417. The highest BCUT2D eigenvalue weighted by Crippen LogP contribution is 2.31. The number of unbranched alkanes of at least 4 members (excludes halogenated alkanes) is 1. The van der Waals surface area contributed by atoms with Gasteiger partial charge in [0.25, 0.3) is 5.91 Å². The fourth-order valence-corrected chi connectivity index (χ4v) is 4.16. The van der Waals surface area contributed by atoms with Gasteiger partial charge in [-0.25, -0.2) is 4.98 Å². The number of alkyl halides is 3. The van der Waals surface area contributed by atoms with Gasteiger partial charge in [0, 0.05) is 36.9 Å². The second kappa shape index (κ2) is 10.2. The van der Waals surface area contributed by atoms with Crippen molar-refractivity contribution in [1.29, 1.82) is 0 Å². The molecular weight excluding hydrogens is 431 g/mol. The molecular formula is C24H28F3N5O. The predicted molar refractivity (Wildman–Crippen MR) is 122 cm³/mol. The minimum absolute atomic E-state index is 0.0959. The Morgan fingerprint density at radius 3 is 2.73 bits per heavy atom. The molecule has 33 heavy (non-hydrogen) atoms. The van der Waals surface area contributed by atoms with E-state index >= 15 is 0 Å². The molecule has 0 saturated carbocycles. The van der Waals surface area contributed by atoms with Crippen LogP contribution in [0.25, 0.3) is 11.0 Å². The minimum Gasteiger partial charge on any atom is -0.382 e. The number of nitrogens with zero attached hydrogens (tertiary/aromatic N) is 2. The zero-order valence-corrected chi connectivity index (χ0v) is 18.3. The number of hydrogen-bond donors (Lipinski definition) is 3. The van der Waals surface area contributed by atoms with E-state index < -0.39 is 11.7 Å². The summed E-state index contributed by atoms with van der Waals surface area (Å²) in [4.78, 5) is 21.9. The van der Waals surface area contributed by atoms with Crippen LogP contribution < -0.4 is 10.6 Å². The molecule has 3 N–H and O–H groups in total. The summed E-state index contributed by atoms with van der Waals surface area (Å²) >= 11 is 0. The first-order valence-electron chi connectivity index (χ1n) is 11.3. The molecule has 0 bridgehead atoms.